The summed E-state index contributed by atoms with van der Waals surface area (Å²) in [6, 6.07) is 3.10. The second-order valence-electron chi connectivity index (χ2n) is 5.02. The van der Waals surface area contributed by atoms with Gasteiger partial charge >= 0.3 is 0 Å². The van der Waals surface area contributed by atoms with E-state index in [0.717, 1.165) is 45.3 Å². The molecule has 1 saturated carbocycles. The number of nitriles is 1. The largest absolute Gasteiger partial charge is 0.348 e. The van der Waals surface area contributed by atoms with Crippen LogP contribution in [0.2, 0.25) is 0 Å². The SMILES string of the molecule is CCC(CC#N)NC1CCC2(CC1)OCCO2. The van der Waals surface area contributed by atoms with Crippen molar-refractivity contribution in [3.63, 3.8) is 0 Å². The first kappa shape index (κ1) is 12.8. The summed E-state index contributed by atoms with van der Waals surface area (Å²) in [5.41, 5.74) is 0. The number of nitrogens with one attached hydrogen (secondary N) is 1. The predicted molar refractivity (Wildman–Crippen MR) is 64.3 cm³/mol. The zero-order valence-electron chi connectivity index (χ0n) is 10.6. The van der Waals surface area contributed by atoms with E-state index in [4.69, 9.17) is 14.7 Å². The quantitative estimate of drug-likeness (QED) is 0.813. The van der Waals surface area contributed by atoms with Gasteiger partial charge < -0.3 is 14.8 Å². The van der Waals surface area contributed by atoms with Crippen LogP contribution in [0.4, 0.5) is 0 Å². The Hall–Kier alpha value is -0.630. The van der Waals surface area contributed by atoms with Gasteiger partial charge in [-0.05, 0) is 19.3 Å². The standard InChI is InChI=1S/C13H22N2O2/c1-2-11(5-8-14)15-12-3-6-13(7-4-12)16-9-10-17-13/h11-12,15H,2-7,9-10H2,1H3. The van der Waals surface area contributed by atoms with Gasteiger partial charge in [-0.1, -0.05) is 6.92 Å². The molecule has 2 aliphatic rings. The Morgan fingerprint density at radius 3 is 2.53 bits per heavy atom. The van der Waals surface area contributed by atoms with Crippen molar-refractivity contribution in [1.29, 1.82) is 5.26 Å². The minimum absolute atomic E-state index is 0.269. The molecule has 0 radical (unpaired) electrons. The summed E-state index contributed by atoms with van der Waals surface area (Å²) in [4.78, 5) is 0. The summed E-state index contributed by atoms with van der Waals surface area (Å²) in [5.74, 6) is -0.269. The van der Waals surface area contributed by atoms with Crippen LogP contribution in [-0.4, -0.2) is 31.1 Å². The van der Waals surface area contributed by atoms with Gasteiger partial charge in [0.05, 0.1) is 25.7 Å². The zero-order valence-corrected chi connectivity index (χ0v) is 10.6. The van der Waals surface area contributed by atoms with Gasteiger partial charge in [0.2, 0.25) is 0 Å². The normalized spacial score (nSPS) is 25.9. The molecule has 17 heavy (non-hydrogen) atoms. The molecule has 0 aromatic rings. The van der Waals surface area contributed by atoms with E-state index in [2.05, 4.69) is 18.3 Å². The fraction of sp³-hybridized carbons (Fsp3) is 0.923. The number of hydrogen-bond donors (Lipinski definition) is 1. The molecule has 1 atom stereocenters. The molecule has 96 valence electrons. The Morgan fingerprint density at radius 1 is 1.35 bits per heavy atom. The maximum Gasteiger partial charge on any atom is 0.168 e. The minimum Gasteiger partial charge on any atom is -0.348 e. The van der Waals surface area contributed by atoms with Gasteiger partial charge in [0.1, 0.15) is 0 Å². The van der Waals surface area contributed by atoms with Crippen molar-refractivity contribution < 1.29 is 9.47 Å². The number of ether oxygens (including phenoxy) is 2. The van der Waals surface area contributed by atoms with Gasteiger partial charge in [-0.15, -0.1) is 0 Å². The third-order valence-electron chi connectivity index (χ3n) is 3.86. The first-order valence-corrected chi connectivity index (χ1v) is 6.69. The molecule has 1 spiro atoms. The highest BCUT2D eigenvalue weighted by Crippen LogP contribution is 2.35. The molecule has 2 rings (SSSR count). The molecule has 0 amide bonds. The van der Waals surface area contributed by atoms with E-state index in [1.807, 2.05) is 0 Å². The molecule has 4 nitrogen and oxygen atoms in total. The van der Waals surface area contributed by atoms with E-state index in [1.54, 1.807) is 0 Å². The molecule has 0 aromatic carbocycles. The Balaban J connectivity index is 1.77. The lowest BCUT2D eigenvalue weighted by Gasteiger charge is -2.36. The third kappa shape index (κ3) is 3.19. The fourth-order valence-electron chi connectivity index (χ4n) is 2.77. The maximum absolute atomic E-state index is 8.73. The predicted octanol–water partition coefficient (Wildman–Crippen LogP) is 1.95. The highest BCUT2D eigenvalue weighted by molar-refractivity contribution is 4.88. The molecule has 1 heterocycles. The van der Waals surface area contributed by atoms with E-state index in [1.165, 1.54) is 0 Å². The topological polar surface area (TPSA) is 54.3 Å². The Labute approximate surface area is 103 Å². The van der Waals surface area contributed by atoms with Crippen LogP contribution in [0.5, 0.6) is 0 Å². The van der Waals surface area contributed by atoms with Crippen LogP contribution in [0.3, 0.4) is 0 Å². The molecule has 1 aliphatic heterocycles. The molecule has 0 aromatic heterocycles. The van der Waals surface area contributed by atoms with Crippen LogP contribution in [0.25, 0.3) is 0 Å². The van der Waals surface area contributed by atoms with Crippen LogP contribution in [0, 0.1) is 11.3 Å². The Kier molecular flexibility index (Phi) is 4.38. The lowest BCUT2D eigenvalue weighted by molar-refractivity contribution is -0.179. The van der Waals surface area contributed by atoms with Crippen LogP contribution in [0.15, 0.2) is 0 Å². The molecular formula is C13H22N2O2. The summed E-state index contributed by atoms with van der Waals surface area (Å²) < 4.78 is 11.4. The Morgan fingerprint density at radius 2 is 2.00 bits per heavy atom. The molecular weight excluding hydrogens is 216 g/mol. The fourth-order valence-corrected chi connectivity index (χ4v) is 2.77. The molecule has 0 bridgehead atoms. The van der Waals surface area contributed by atoms with Gasteiger partial charge in [-0.3, -0.25) is 0 Å². The van der Waals surface area contributed by atoms with Crippen molar-refractivity contribution in [3.05, 3.63) is 0 Å². The summed E-state index contributed by atoms with van der Waals surface area (Å²) in [6.07, 6.45) is 5.75. The molecule has 1 saturated heterocycles. The minimum atomic E-state index is -0.269. The number of rotatable bonds is 4. The summed E-state index contributed by atoms with van der Waals surface area (Å²) in [7, 11) is 0. The Bertz CT molecular complexity index is 272. The molecule has 1 aliphatic carbocycles. The lowest BCUT2D eigenvalue weighted by atomic mass is 9.89. The highest BCUT2D eigenvalue weighted by atomic mass is 16.7. The van der Waals surface area contributed by atoms with Crippen LogP contribution < -0.4 is 5.32 Å². The highest BCUT2D eigenvalue weighted by Gasteiger charge is 2.40. The molecule has 2 fully saturated rings. The van der Waals surface area contributed by atoms with Crippen molar-refractivity contribution >= 4 is 0 Å². The summed E-state index contributed by atoms with van der Waals surface area (Å²) in [6.45, 7) is 3.61. The number of nitrogens with zero attached hydrogens (tertiary/aromatic N) is 1. The van der Waals surface area contributed by atoms with Gasteiger partial charge in [0, 0.05) is 24.9 Å². The average Bonchev–Trinajstić information content (AvgIpc) is 2.80. The first-order chi connectivity index (χ1) is 8.28. The molecule has 1 N–H and O–H groups in total. The molecule has 1 unspecified atom stereocenters. The van der Waals surface area contributed by atoms with Gasteiger partial charge in [-0.2, -0.15) is 5.26 Å². The van der Waals surface area contributed by atoms with Gasteiger partial charge in [0.15, 0.2) is 5.79 Å². The summed E-state index contributed by atoms with van der Waals surface area (Å²) >= 11 is 0. The van der Waals surface area contributed by atoms with Crippen molar-refractivity contribution in [2.24, 2.45) is 0 Å². The average molecular weight is 238 g/mol. The van der Waals surface area contributed by atoms with E-state index in [0.29, 0.717) is 18.5 Å². The molecule has 4 heteroatoms. The second kappa shape index (κ2) is 5.81. The van der Waals surface area contributed by atoms with Crippen molar-refractivity contribution in [2.75, 3.05) is 13.2 Å². The first-order valence-electron chi connectivity index (χ1n) is 6.69. The second-order valence-corrected chi connectivity index (χ2v) is 5.02. The van der Waals surface area contributed by atoms with E-state index >= 15 is 0 Å². The lowest BCUT2D eigenvalue weighted by Crippen LogP contribution is -2.45. The van der Waals surface area contributed by atoms with E-state index < -0.39 is 0 Å². The van der Waals surface area contributed by atoms with E-state index in [-0.39, 0.29) is 5.79 Å². The van der Waals surface area contributed by atoms with Crippen molar-refractivity contribution in [2.45, 2.75) is 63.3 Å². The monoisotopic (exact) mass is 238 g/mol. The smallest absolute Gasteiger partial charge is 0.168 e. The van der Waals surface area contributed by atoms with Crippen molar-refractivity contribution in [1.82, 2.24) is 5.32 Å². The van der Waals surface area contributed by atoms with Crippen LogP contribution in [0.1, 0.15) is 45.4 Å². The van der Waals surface area contributed by atoms with Gasteiger partial charge in [0.25, 0.3) is 0 Å². The van der Waals surface area contributed by atoms with Crippen LogP contribution >= 0.6 is 0 Å². The zero-order chi connectivity index (χ0) is 12.1. The van der Waals surface area contributed by atoms with E-state index in [9.17, 15) is 0 Å². The number of hydrogen-bond acceptors (Lipinski definition) is 4. The maximum atomic E-state index is 8.73. The summed E-state index contributed by atoms with van der Waals surface area (Å²) in [5, 5.41) is 12.3. The van der Waals surface area contributed by atoms with Gasteiger partial charge in [-0.25, -0.2) is 0 Å². The van der Waals surface area contributed by atoms with Crippen molar-refractivity contribution in [3.8, 4) is 6.07 Å². The van der Waals surface area contributed by atoms with Crippen LogP contribution in [-0.2, 0) is 9.47 Å². The third-order valence-corrected chi connectivity index (χ3v) is 3.86.